The second kappa shape index (κ2) is 17.1. The summed E-state index contributed by atoms with van der Waals surface area (Å²) in [5, 5.41) is 24.9. The van der Waals surface area contributed by atoms with Gasteiger partial charge in [-0.15, -0.1) is 11.3 Å². The standard InChI is InChI=1S/C41H45N3O8S2/c1-2-24-44(32-22-18-29(19-23-32)41(49)50)54(51,52)33-7-5-6-30(25-33)37(45)43-39-36(34-8-3-4-9-35(34)53-39)38(46)42-31-20-14-27(15-21-31)11-10-26-12-16-28(17-13-26)40(47)48/h5-7,12-17,20-21,25,29,32H,2-4,8-11,18-19,22-24H2,1H3,(H,42,46)(H,43,45)(H,47,48)(H,49,50)/t29-,32-. The third-order valence-electron chi connectivity index (χ3n) is 10.3. The van der Waals surface area contributed by atoms with Crippen molar-refractivity contribution in [3.63, 3.8) is 0 Å². The molecule has 2 aliphatic rings. The van der Waals surface area contributed by atoms with Crippen molar-refractivity contribution < 1.29 is 37.8 Å². The maximum absolute atomic E-state index is 14.0. The predicted octanol–water partition coefficient (Wildman–Crippen LogP) is 7.66. The van der Waals surface area contributed by atoms with Crippen molar-refractivity contribution >= 4 is 55.8 Å². The quantitative estimate of drug-likeness (QED) is 0.101. The number of hydrogen-bond donors (Lipinski definition) is 4. The molecule has 11 nitrogen and oxygen atoms in total. The third kappa shape index (κ3) is 8.91. The number of aromatic carboxylic acids is 1. The van der Waals surface area contributed by atoms with Crippen molar-refractivity contribution in [3.8, 4) is 0 Å². The number of nitrogens with one attached hydrogen (secondary N) is 2. The molecule has 0 unspecified atom stereocenters. The maximum Gasteiger partial charge on any atom is 0.335 e. The number of rotatable bonds is 14. The number of amides is 2. The van der Waals surface area contributed by atoms with Gasteiger partial charge in [-0.2, -0.15) is 4.31 Å². The first-order valence-corrected chi connectivity index (χ1v) is 20.7. The van der Waals surface area contributed by atoms with Crippen LogP contribution in [0.1, 0.15) is 105 Å². The molecular formula is C41H45N3O8S2. The molecule has 2 aliphatic carbocycles. The Morgan fingerprint density at radius 1 is 0.796 bits per heavy atom. The van der Waals surface area contributed by atoms with Crippen LogP contribution in [0.25, 0.3) is 0 Å². The molecule has 0 saturated heterocycles. The van der Waals surface area contributed by atoms with E-state index in [-0.39, 0.29) is 34.5 Å². The molecule has 1 aromatic heterocycles. The second-order valence-electron chi connectivity index (χ2n) is 14.0. The monoisotopic (exact) mass is 771 g/mol. The molecule has 1 saturated carbocycles. The average Bonchev–Trinajstić information content (AvgIpc) is 3.54. The molecule has 4 N–H and O–H groups in total. The van der Waals surface area contributed by atoms with Gasteiger partial charge in [0.2, 0.25) is 10.0 Å². The molecular weight excluding hydrogens is 727 g/mol. The number of sulfonamides is 1. The zero-order valence-electron chi connectivity index (χ0n) is 30.2. The van der Waals surface area contributed by atoms with Crippen LogP contribution in [0.5, 0.6) is 0 Å². The summed E-state index contributed by atoms with van der Waals surface area (Å²) < 4.78 is 29.4. The highest BCUT2D eigenvalue weighted by Crippen LogP contribution is 2.39. The molecule has 0 spiro atoms. The Morgan fingerprint density at radius 3 is 2.07 bits per heavy atom. The first-order chi connectivity index (χ1) is 25.9. The van der Waals surface area contributed by atoms with Gasteiger partial charge in [-0.05, 0) is 130 Å². The van der Waals surface area contributed by atoms with Gasteiger partial charge >= 0.3 is 11.9 Å². The average molecular weight is 772 g/mol. The number of carboxylic acid groups (broad SMARTS) is 2. The lowest BCUT2D eigenvalue weighted by molar-refractivity contribution is -0.143. The van der Waals surface area contributed by atoms with Crippen molar-refractivity contribution in [2.75, 3.05) is 17.2 Å². The molecule has 4 aromatic rings. The Morgan fingerprint density at radius 2 is 1.44 bits per heavy atom. The molecule has 13 heteroatoms. The van der Waals surface area contributed by atoms with Crippen molar-refractivity contribution in [1.29, 1.82) is 0 Å². The van der Waals surface area contributed by atoms with E-state index in [1.54, 1.807) is 24.3 Å². The summed E-state index contributed by atoms with van der Waals surface area (Å²) >= 11 is 1.38. The van der Waals surface area contributed by atoms with Crippen LogP contribution in [0.2, 0.25) is 0 Å². The van der Waals surface area contributed by atoms with Crippen molar-refractivity contribution in [2.45, 2.75) is 88.5 Å². The fraction of sp³-hybridized carbons (Fsp3) is 0.366. The highest BCUT2D eigenvalue weighted by molar-refractivity contribution is 7.89. The lowest BCUT2D eigenvalue weighted by Gasteiger charge is -2.35. The van der Waals surface area contributed by atoms with E-state index in [9.17, 15) is 32.7 Å². The van der Waals surface area contributed by atoms with Gasteiger partial charge in [-0.3, -0.25) is 14.4 Å². The van der Waals surface area contributed by atoms with Gasteiger partial charge in [0.1, 0.15) is 5.00 Å². The van der Waals surface area contributed by atoms with Crippen LogP contribution in [-0.4, -0.2) is 59.3 Å². The lowest BCUT2D eigenvalue weighted by Crippen LogP contribution is -2.43. The summed E-state index contributed by atoms with van der Waals surface area (Å²) in [4.78, 5) is 51.3. The molecule has 284 valence electrons. The summed E-state index contributed by atoms with van der Waals surface area (Å²) in [5.41, 5.74) is 4.43. The Labute approximate surface area is 319 Å². The number of aryl methyl sites for hydroxylation is 3. The number of hydrogen-bond acceptors (Lipinski definition) is 7. The van der Waals surface area contributed by atoms with Crippen molar-refractivity contribution in [1.82, 2.24) is 4.31 Å². The van der Waals surface area contributed by atoms with Gasteiger partial charge in [-0.1, -0.05) is 37.3 Å². The number of nitrogens with zero attached hydrogens (tertiary/aromatic N) is 1. The molecule has 6 rings (SSSR count). The number of carbonyl (C=O) groups excluding carboxylic acids is 2. The zero-order valence-corrected chi connectivity index (χ0v) is 31.8. The zero-order chi connectivity index (χ0) is 38.4. The van der Waals surface area contributed by atoms with Crippen LogP contribution in [-0.2, 0) is 40.5 Å². The Bertz CT molecular complexity index is 2120. The number of thiophene rings is 1. The van der Waals surface area contributed by atoms with Crippen LogP contribution in [0.4, 0.5) is 10.7 Å². The second-order valence-corrected chi connectivity index (χ2v) is 17.0. The van der Waals surface area contributed by atoms with E-state index in [1.807, 2.05) is 43.3 Å². The summed E-state index contributed by atoms with van der Waals surface area (Å²) in [6.07, 6.45) is 7.24. The van der Waals surface area contributed by atoms with E-state index in [2.05, 4.69) is 10.6 Å². The summed E-state index contributed by atoms with van der Waals surface area (Å²) in [6, 6.07) is 20.0. The van der Waals surface area contributed by atoms with E-state index in [4.69, 9.17) is 5.11 Å². The van der Waals surface area contributed by atoms with Gasteiger partial charge < -0.3 is 20.8 Å². The fourth-order valence-corrected chi connectivity index (χ4v) is 10.5. The molecule has 0 aliphatic heterocycles. The van der Waals surface area contributed by atoms with Gasteiger partial charge in [0.25, 0.3) is 11.8 Å². The smallest absolute Gasteiger partial charge is 0.335 e. The molecule has 0 bridgehead atoms. The van der Waals surface area contributed by atoms with E-state index >= 15 is 0 Å². The van der Waals surface area contributed by atoms with Gasteiger partial charge in [0.15, 0.2) is 0 Å². The molecule has 0 radical (unpaired) electrons. The summed E-state index contributed by atoms with van der Waals surface area (Å²) in [5.74, 6) is -3.13. The third-order valence-corrected chi connectivity index (χ3v) is 13.5. The normalized spacial score (nSPS) is 17.1. The van der Waals surface area contributed by atoms with Gasteiger partial charge in [0.05, 0.1) is 21.9 Å². The first-order valence-electron chi connectivity index (χ1n) is 18.5. The molecule has 0 atom stereocenters. The Kier molecular flexibility index (Phi) is 12.3. The van der Waals surface area contributed by atoms with Crippen molar-refractivity contribution in [2.24, 2.45) is 5.92 Å². The minimum Gasteiger partial charge on any atom is -0.481 e. The number of carbonyl (C=O) groups is 4. The minimum absolute atomic E-state index is 0.00747. The van der Waals surface area contributed by atoms with E-state index in [1.165, 1.54) is 27.8 Å². The molecule has 54 heavy (non-hydrogen) atoms. The largest absolute Gasteiger partial charge is 0.481 e. The van der Waals surface area contributed by atoms with Crippen molar-refractivity contribution in [3.05, 3.63) is 111 Å². The van der Waals surface area contributed by atoms with Gasteiger partial charge in [-0.25, -0.2) is 13.2 Å². The first kappa shape index (κ1) is 38.9. The highest BCUT2D eigenvalue weighted by atomic mass is 32.2. The minimum atomic E-state index is -3.99. The van der Waals surface area contributed by atoms with Crippen LogP contribution in [0.3, 0.4) is 0 Å². The number of fused-ring (bicyclic) bond motifs is 1. The Balaban J connectivity index is 1.16. The van der Waals surface area contributed by atoms with Crippen LogP contribution in [0.15, 0.2) is 77.7 Å². The lowest BCUT2D eigenvalue weighted by atomic mass is 9.86. The van der Waals surface area contributed by atoms with E-state index < -0.39 is 33.8 Å². The summed E-state index contributed by atoms with van der Waals surface area (Å²) in [6.45, 7) is 2.18. The predicted molar refractivity (Wildman–Crippen MR) is 208 cm³/mol. The van der Waals surface area contributed by atoms with E-state index in [0.717, 1.165) is 53.7 Å². The molecule has 1 heterocycles. The molecule has 1 fully saturated rings. The maximum atomic E-state index is 14.0. The number of anilines is 2. The number of carboxylic acids is 2. The fourth-order valence-electron chi connectivity index (χ4n) is 7.38. The molecule has 2 amide bonds. The van der Waals surface area contributed by atoms with Crippen LogP contribution < -0.4 is 10.6 Å². The summed E-state index contributed by atoms with van der Waals surface area (Å²) in [7, 11) is -3.99. The Hall–Kier alpha value is -4.85. The topological polar surface area (TPSA) is 170 Å². The number of benzene rings is 3. The molecule has 3 aromatic carbocycles. The number of aliphatic carboxylic acids is 1. The van der Waals surface area contributed by atoms with Gasteiger partial charge in [0, 0.05) is 28.7 Å². The van der Waals surface area contributed by atoms with Crippen LogP contribution in [0, 0.1) is 5.92 Å². The highest BCUT2D eigenvalue weighted by Gasteiger charge is 2.36. The van der Waals surface area contributed by atoms with E-state index in [0.29, 0.717) is 54.8 Å². The SMILES string of the molecule is CCCN([C@H]1CC[C@H](C(=O)O)CC1)S(=O)(=O)c1cccc(C(=O)Nc2sc3c(c2C(=O)Nc2ccc(CCc4ccc(C(=O)O)cc4)cc2)CCCC3)c1. The van der Waals surface area contributed by atoms with Crippen LogP contribution >= 0.6 is 11.3 Å².